The molecule has 0 saturated heterocycles. The van der Waals surface area contributed by atoms with Gasteiger partial charge in [0.25, 0.3) is 0 Å². The molecule has 0 N–H and O–H groups in total. The van der Waals surface area contributed by atoms with Crippen molar-refractivity contribution < 1.29 is 9.53 Å². The minimum Gasteiger partial charge on any atom is -0.457 e. The summed E-state index contributed by atoms with van der Waals surface area (Å²) in [5.74, 6) is -0.364. The summed E-state index contributed by atoms with van der Waals surface area (Å²) in [7, 11) is 0. The zero-order chi connectivity index (χ0) is 17.2. The number of fused-ring (bicyclic) bond motifs is 2. The molecule has 120 valence electrons. The number of aromatic nitrogens is 1. The molecule has 1 aliphatic heterocycles. The van der Waals surface area contributed by atoms with Crippen LogP contribution in [0.3, 0.4) is 0 Å². The number of benzene rings is 2. The van der Waals surface area contributed by atoms with Crippen LogP contribution in [0.25, 0.3) is 0 Å². The Morgan fingerprint density at radius 1 is 0.960 bits per heavy atom. The van der Waals surface area contributed by atoms with Crippen LogP contribution < -0.4 is 4.74 Å². The van der Waals surface area contributed by atoms with Gasteiger partial charge >= 0.3 is 0 Å². The van der Waals surface area contributed by atoms with E-state index in [0.29, 0.717) is 17.2 Å². The van der Waals surface area contributed by atoms with Crippen LogP contribution in [0, 0.1) is 11.3 Å². The number of rotatable bonds is 3. The van der Waals surface area contributed by atoms with Crippen LogP contribution in [-0.4, -0.2) is 10.8 Å². The van der Waals surface area contributed by atoms with Crippen LogP contribution in [-0.2, 0) is 4.79 Å². The molecule has 2 aromatic carbocycles. The fourth-order valence-corrected chi connectivity index (χ4v) is 3.21. The molecule has 0 aliphatic carbocycles. The summed E-state index contributed by atoms with van der Waals surface area (Å²) in [5, 5.41) is 9.63. The average Bonchev–Trinajstić information content (AvgIpc) is 2.67. The van der Waals surface area contributed by atoms with Crippen LogP contribution in [0.15, 0.2) is 72.9 Å². The monoisotopic (exact) mass is 326 g/mol. The number of pyridine rings is 1. The number of Topliss-reactive ketones (excluding diaryl/α,β-unsaturated/α-hetero) is 1. The second-order valence-electron chi connectivity index (χ2n) is 5.83. The van der Waals surface area contributed by atoms with Gasteiger partial charge in [0.05, 0.1) is 17.7 Å². The topological polar surface area (TPSA) is 63.0 Å². The van der Waals surface area contributed by atoms with E-state index in [1.54, 1.807) is 24.4 Å². The highest BCUT2D eigenvalue weighted by atomic mass is 16.5. The number of hydrogen-bond donors (Lipinski definition) is 0. The van der Waals surface area contributed by atoms with Crippen LogP contribution in [0.2, 0.25) is 0 Å². The molecule has 4 nitrogen and oxygen atoms in total. The Morgan fingerprint density at radius 2 is 1.56 bits per heavy atom. The molecule has 1 unspecified atom stereocenters. The van der Waals surface area contributed by atoms with E-state index in [1.165, 1.54) is 0 Å². The predicted molar refractivity (Wildman–Crippen MR) is 92.4 cm³/mol. The molecule has 0 fully saturated rings. The Balaban J connectivity index is 1.85. The second-order valence-corrected chi connectivity index (χ2v) is 5.83. The Bertz CT molecular complexity index is 931. The zero-order valence-electron chi connectivity index (χ0n) is 13.3. The van der Waals surface area contributed by atoms with Gasteiger partial charge in [-0.25, -0.2) is 0 Å². The molecular weight excluding hydrogens is 312 g/mol. The number of hydrogen-bond acceptors (Lipinski definition) is 4. The van der Waals surface area contributed by atoms with E-state index in [4.69, 9.17) is 4.74 Å². The fourth-order valence-electron chi connectivity index (χ4n) is 3.21. The van der Waals surface area contributed by atoms with Gasteiger partial charge in [-0.05, 0) is 24.3 Å². The molecular formula is C21H14N2O2. The highest BCUT2D eigenvalue weighted by Gasteiger charge is 2.37. The lowest BCUT2D eigenvalue weighted by molar-refractivity contribution is -0.120. The molecule has 0 saturated carbocycles. The molecule has 25 heavy (non-hydrogen) atoms. The molecule has 4 rings (SSSR count). The first-order valence-corrected chi connectivity index (χ1v) is 7.99. The molecule has 4 heteroatoms. The number of ketones is 1. The van der Waals surface area contributed by atoms with Gasteiger partial charge in [0, 0.05) is 17.3 Å². The Hall–Kier alpha value is -3.45. The Morgan fingerprint density at radius 3 is 2.12 bits per heavy atom. The minimum atomic E-state index is -0.926. The van der Waals surface area contributed by atoms with Gasteiger partial charge in [-0.15, -0.1) is 0 Å². The third-order valence-corrected chi connectivity index (χ3v) is 4.36. The van der Waals surface area contributed by atoms with Crippen molar-refractivity contribution in [3.63, 3.8) is 0 Å². The van der Waals surface area contributed by atoms with Crippen LogP contribution in [0.4, 0.5) is 0 Å². The highest BCUT2D eigenvalue weighted by Crippen LogP contribution is 2.45. The number of ether oxygens (including phenoxy) is 1. The van der Waals surface area contributed by atoms with Crippen LogP contribution in [0.1, 0.15) is 28.7 Å². The van der Waals surface area contributed by atoms with Crippen molar-refractivity contribution in [1.82, 2.24) is 4.98 Å². The lowest BCUT2D eigenvalue weighted by atomic mass is 9.79. The van der Waals surface area contributed by atoms with Gasteiger partial charge in [0.1, 0.15) is 17.4 Å². The molecule has 0 radical (unpaired) electrons. The lowest BCUT2D eigenvalue weighted by Gasteiger charge is -2.28. The third-order valence-electron chi connectivity index (χ3n) is 4.36. The van der Waals surface area contributed by atoms with Crippen LogP contribution >= 0.6 is 0 Å². The summed E-state index contributed by atoms with van der Waals surface area (Å²) in [5.41, 5.74) is 2.03. The first kappa shape index (κ1) is 15.1. The van der Waals surface area contributed by atoms with Crippen molar-refractivity contribution in [2.75, 3.05) is 0 Å². The van der Waals surface area contributed by atoms with Crippen molar-refractivity contribution in [3.05, 3.63) is 89.7 Å². The van der Waals surface area contributed by atoms with Crippen molar-refractivity contribution in [1.29, 1.82) is 5.26 Å². The van der Waals surface area contributed by atoms with E-state index in [9.17, 15) is 10.1 Å². The van der Waals surface area contributed by atoms with Crippen molar-refractivity contribution in [2.24, 2.45) is 0 Å². The van der Waals surface area contributed by atoms with E-state index < -0.39 is 11.8 Å². The number of nitriles is 1. The van der Waals surface area contributed by atoms with Gasteiger partial charge in [-0.1, -0.05) is 42.5 Å². The number of carbonyl (C=O) groups is 1. The van der Waals surface area contributed by atoms with E-state index in [0.717, 1.165) is 11.1 Å². The number of carbonyl (C=O) groups excluding carboxylic acids is 1. The third kappa shape index (κ3) is 2.56. The number of nitrogens with zero attached hydrogens (tertiary/aromatic N) is 2. The number of para-hydroxylation sites is 2. The van der Waals surface area contributed by atoms with E-state index in [1.807, 2.05) is 48.5 Å². The maximum Gasteiger partial charge on any atom is 0.168 e. The van der Waals surface area contributed by atoms with Gasteiger partial charge in [-0.2, -0.15) is 5.26 Å². The SMILES string of the molecule is N#CC(C(=O)C1c2ccccc2Oc2ccccc21)c1ccccn1. The van der Waals surface area contributed by atoms with E-state index >= 15 is 0 Å². The second kappa shape index (κ2) is 6.21. The first-order valence-electron chi connectivity index (χ1n) is 7.99. The molecule has 1 aliphatic rings. The maximum absolute atomic E-state index is 13.3. The van der Waals surface area contributed by atoms with E-state index in [2.05, 4.69) is 11.1 Å². The summed E-state index contributed by atoms with van der Waals surface area (Å²) in [4.78, 5) is 17.5. The average molecular weight is 326 g/mol. The summed E-state index contributed by atoms with van der Waals surface area (Å²) >= 11 is 0. The Kier molecular flexibility index (Phi) is 3.75. The van der Waals surface area contributed by atoms with Crippen molar-refractivity contribution in [2.45, 2.75) is 11.8 Å². The molecule has 0 bridgehead atoms. The predicted octanol–water partition coefficient (Wildman–Crippen LogP) is 4.20. The molecule has 0 amide bonds. The summed E-state index contributed by atoms with van der Waals surface area (Å²) < 4.78 is 5.93. The van der Waals surface area contributed by atoms with Gasteiger partial charge < -0.3 is 4.74 Å². The van der Waals surface area contributed by atoms with Gasteiger partial charge in [0.2, 0.25) is 0 Å². The van der Waals surface area contributed by atoms with Gasteiger partial charge in [-0.3, -0.25) is 9.78 Å². The van der Waals surface area contributed by atoms with Crippen LogP contribution in [0.5, 0.6) is 11.5 Å². The largest absolute Gasteiger partial charge is 0.457 e. The lowest BCUT2D eigenvalue weighted by Crippen LogP contribution is -2.24. The maximum atomic E-state index is 13.3. The normalized spacial score (nSPS) is 13.7. The molecule has 3 aromatic rings. The molecule has 1 aromatic heterocycles. The Labute approximate surface area is 145 Å². The van der Waals surface area contributed by atoms with Gasteiger partial charge in [0.15, 0.2) is 5.78 Å². The smallest absolute Gasteiger partial charge is 0.168 e. The molecule has 2 heterocycles. The van der Waals surface area contributed by atoms with E-state index in [-0.39, 0.29) is 5.78 Å². The summed E-state index contributed by atoms with van der Waals surface area (Å²) in [6.45, 7) is 0. The zero-order valence-corrected chi connectivity index (χ0v) is 13.3. The fraction of sp³-hybridized carbons (Fsp3) is 0.0952. The quantitative estimate of drug-likeness (QED) is 0.724. The highest BCUT2D eigenvalue weighted by molar-refractivity contribution is 5.97. The standard InChI is InChI=1S/C21H14N2O2/c22-13-16(17-9-5-6-12-23-17)21(24)20-14-7-1-3-10-18(14)25-19-11-4-2-8-15(19)20/h1-12,16,20H. The summed E-state index contributed by atoms with van der Waals surface area (Å²) in [6.07, 6.45) is 1.60. The summed E-state index contributed by atoms with van der Waals surface area (Å²) in [6, 6.07) is 22.3. The molecule has 1 atom stereocenters. The molecule has 0 spiro atoms. The van der Waals surface area contributed by atoms with Crippen molar-refractivity contribution >= 4 is 5.78 Å². The first-order chi connectivity index (χ1) is 12.3. The van der Waals surface area contributed by atoms with Crippen molar-refractivity contribution in [3.8, 4) is 17.6 Å². The minimum absolute atomic E-state index is 0.190.